The first-order valence-corrected chi connectivity index (χ1v) is 2.70. The lowest BCUT2D eigenvalue weighted by Crippen LogP contribution is -2.10. The number of hydrogen-bond acceptors (Lipinski definition) is 2. The largest absolute Gasteiger partial charge is 0.507 e. The molecule has 0 fully saturated rings. The number of phenols is 1. The number of hydrogen-bond donors (Lipinski definition) is 2. The van der Waals surface area contributed by atoms with Gasteiger partial charge in [0.25, 0.3) is 0 Å². The van der Waals surface area contributed by atoms with E-state index >= 15 is 0 Å². The third-order valence-electron chi connectivity index (χ3n) is 1.07. The molecule has 0 unspecified atom stereocenters. The average Bonchev–Trinajstić information content (AvgIpc) is 1.88. The van der Waals surface area contributed by atoms with Gasteiger partial charge in [0, 0.05) is 11.6 Å². The molecule has 0 bridgehead atoms. The van der Waals surface area contributed by atoms with Crippen LogP contribution in [-0.4, -0.2) is 11.0 Å². The fraction of sp³-hybridized carbons (Fsp3) is 0. The van der Waals surface area contributed by atoms with E-state index in [9.17, 15) is 4.79 Å². The highest BCUT2D eigenvalue weighted by Gasteiger charge is 1.98. The molecule has 0 aliphatic carbocycles. The summed E-state index contributed by atoms with van der Waals surface area (Å²) >= 11 is 0. The number of carbonyl (C=O) groups excluding carboxylic acids is 1. The van der Waals surface area contributed by atoms with E-state index in [2.05, 4.69) is 6.07 Å². The second-order valence-corrected chi connectivity index (χ2v) is 1.83. The van der Waals surface area contributed by atoms with Crippen molar-refractivity contribution in [3.05, 3.63) is 29.8 Å². The van der Waals surface area contributed by atoms with Crippen LogP contribution in [0.1, 0.15) is 10.4 Å². The zero-order valence-electron chi connectivity index (χ0n) is 5.16. The minimum atomic E-state index is -0.552. The van der Waals surface area contributed by atoms with Crippen LogP contribution >= 0.6 is 0 Å². The molecule has 3 heteroatoms. The van der Waals surface area contributed by atoms with Crippen molar-refractivity contribution in [2.75, 3.05) is 0 Å². The van der Waals surface area contributed by atoms with Gasteiger partial charge >= 0.3 is 0 Å². The van der Waals surface area contributed by atoms with Gasteiger partial charge in [-0.3, -0.25) is 4.79 Å². The van der Waals surface area contributed by atoms with Crippen molar-refractivity contribution < 1.29 is 9.90 Å². The van der Waals surface area contributed by atoms with E-state index in [1.54, 1.807) is 0 Å². The highest BCUT2D eigenvalue weighted by molar-refractivity contribution is 5.93. The first-order valence-electron chi connectivity index (χ1n) is 2.70. The summed E-state index contributed by atoms with van der Waals surface area (Å²) in [4.78, 5) is 10.5. The molecule has 0 spiro atoms. The van der Waals surface area contributed by atoms with Gasteiger partial charge in [-0.05, 0) is 18.2 Å². The molecule has 0 atom stereocenters. The van der Waals surface area contributed by atoms with E-state index in [0.717, 1.165) is 0 Å². The fourth-order valence-electron chi connectivity index (χ4n) is 0.607. The third kappa shape index (κ3) is 1.25. The summed E-state index contributed by atoms with van der Waals surface area (Å²) in [7, 11) is 0. The molecule has 0 saturated heterocycles. The molecule has 1 rings (SSSR count). The van der Waals surface area contributed by atoms with Gasteiger partial charge in [-0.15, -0.1) is 0 Å². The number of nitrogens with two attached hydrogens (primary N) is 1. The Bertz CT molecular complexity index is 258. The van der Waals surface area contributed by atoms with Crippen molar-refractivity contribution in [3.8, 4) is 5.75 Å². The van der Waals surface area contributed by atoms with Gasteiger partial charge in [-0.2, -0.15) is 0 Å². The van der Waals surface area contributed by atoms with Crippen molar-refractivity contribution >= 4 is 5.91 Å². The molecular formula is C7H6NO2. The van der Waals surface area contributed by atoms with E-state index in [0.29, 0.717) is 0 Å². The summed E-state index contributed by atoms with van der Waals surface area (Å²) in [6.07, 6.45) is 0. The van der Waals surface area contributed by atoms with Gasteiger partial charge < -0.3 is 10.8 Å². The minimum absolute atomic E-state index is 0.0729. The summed E-state index contributed by atoms with van der Waals surface area (Å²) in [6.45, 7) is 0. The molecule has 0 heterocycles. The molecule has 0 saturated carbocycles. The predicted octanol–water partition coefficient (Wildman–Crippen LogP) is 0.291. The number of aromatic hydroxyl groups is 1. The lowest BCUT2D eigenvalue weighted by atomic mass is 10.2. The van der Waals surface area contributed by atoms with Crippen molar-refractivity contribution in [1.82, 2.24) is 0 Å². The summed E-state index contributed by atoms with van der Waals surface area (Å²) in [5.74, 6) is -0.624. The monoisotopic (exact) mass is 136 g/mol. The number of primary amides is 1. The second-order valence-electron chi connectivity index (χ2n) is 1.83. The Labute approximate surface area is 58.1 Å². The molecule has 3 nitrogen and oxygen atoms in total. The first-order chi connectivity index (χ1) is 4.70. The van der Waals surface area contributed by atoms with Gasteiger partial charge in [0.05, 0.1) is 0 Å². The Hall–Kier alpha value is -1.51. The average molecular weight is 136 g/mol. The Morgan fingerprint density at radius 2 is 2.40 bits per heavy atom. The van der Waals surface area contributed by atoms with Gasteiger partial charge in [0.15, 0.2) is 0 Å². The van der Waals surface area contributed by atoms with Crippen LogP contribution in [0.4, 0.5) is 0 Å². The van der Waals surface area contributed by atoms with Crippen LogP contribution in [0, 0.1) is 6.07 Å². The van der Waals surface area contributed by atoms with Crippen LogP contribution in [0.3, 0.4) is 0 Å². The lowest BCUT2D eigenvalue weighted by molar-refractivity contribution is 0.1000. The van der Waals surface area contributed by atoms with Crippen LogP contribution in [0.5, 0.6) is 5.75 Å². The Morgan fingerprint density at radius 1 is 1.70 bits per heavy atom. The van der Waals surface area contributed by atoms with Crippen LogP contribution in [0.15, 0.2) is 18.2 Å². The zero-order valence-corrected chi connectivity index (χ0v) is 5.16. The number of phenolic OH excluding ortho intramolecular Hbond substituents is 1. The topological polar surface area (TPSA) is 63.3 Å². The van der Waals surface area contributed by atoms with E-state index in [4.69, 9.17) is 10.8 Å². The van der Waals surface area contributed by atoms with Crippen molar-refractivity contribution in [2.24, 2.45) is 5.73 Å². The number of amides is 1. The maximum absolute atomic E-state index is 10.5. The third-order valence-corrected chi connectivity index (χ3v) is 1.07. The molecule has 1 radical (unpaired) electrons. The molecule has 1 amide bonds. The molecule has 10 heavy (non-hydrogen) atoms. The minimum Gasteiger partial charge on any atom is -0.507 e. The smallest absolute Gasteiger partial charge is 0.248 e. The van der Waals surface area contributed by atoms with Crippen LogP contribution in [0.2, 0.25) is 0 Å². The maximum Gasteiger partial charge on any atom is 0.248 e. The van der Waals surface area contributed by atoms with Crippen molar-refractivity contribution in [2.45, 2.75) is 0 Å². The number of rotatable bonds is 1. The standard InChI is InChI=1S/C7H6NO2/c8-7(10)5-2-1-3-6(9)4-5/h1-2,4,9H,(H2,8,10). The zero-order chi connectivity index (χ0) is 7.56. The number of carbonyl (C=O) groups is 1. The quantitative estimate of drug-likeness (QED) is 0.582. The molecule has 0 aromatic heterocycles. The molecule has 1 aromatic rings. The van der Waals surface area contributed by atoms with Gasteiger partial charge in [-0.1, -0.05) is 0 Å². The Morgan fingerprint density at radius 3 is 2.80 bits per heavy atom. The molecule has 1 aromatic carbocycles. The first kappa shape index (κ1) is 6.61. The molecule has 0 aliphatic rings. The van der Waals surface area contributed by atoms with E-state index in [-0.39, 0.29) is 11.3 Å². The summed E-state index contributed by atoms with van der Waals surface area (Å²) in [5, 5.41) is 8.80. The summed E-state index contributed by atoms with van der Waals surface area (Å²) in [5.41, 5.74) is 5.21. The Kier molecular flexibility index (Phi) is 1.58. The highest BCUT2D eigenvalue weighted by Crippen LogP contribution is 2.08. The van der Waals surface area contributed by atoms with E-state index < -0.39 is 5.91 Å². The van der Waals surface area contributed by atoms with Crippen LogP contribution in [0.25, 0.3) is 0 Å². The molecule has 51 valence electrons. The summed E-state index contributed by atoms with van der Waals surface area (Å²) < 4.78 is 0. The molecular weight excluding hydrogens is 130 g/mol. The van der Waals surface area contributed by atoms with Gasteiger partial charge in [-0.25, -0.2) is 0 Å². The SMILES string of the molecule is NC(=O)c1cc[c]c(O)c1. The lowest BCUT2D eigenvalue weighted by Gasteiger charge is -1.93. The van der Waals surface area contributed by atoms with Gasteiger partial charge in [0.1, 0.15) is 5.75 Å². The van der Waals surface area contributed by atoms with E-state index in [1.165, 1.54) is 18.2 Å². The molecule has 0 aliphatic heterocycles. The Balaban J connectivity index is 3.07. The van der Waals surface area contributed by atoms with Gasteiger partial charge in [0.2, 0.25) is 5.91 Å². The maximum atomic E-state index is 10.5. The normalized spacial score (nSPS) is 9.20. The van der Waals surface area contributed by atoms with Crippen LogP contribution < -0.4 is 5.73 Å². The second kappa shape index (κ2) is 2.39. The number of benzene rings is 1. The summed E-state index contributed by atoms with van der Waals surface area (Å²) in [6, 6.07) is 6.67. The van der Waals surface area contributed by atoms with E-state index in [1.807, 2.05) is 0 Å². The van der Waals surface area contributed by atoms with Crippen molar-refractivity contribution in [1.29, 1.82) is 0 Å². The fourth-order valence-corrected chi connectivity index (χ4v) is 0.607. The molecule has 3 N–H and O–H groups in total. The van der Waals surface area contributed by atoms with Crippen LogP contribution in [-0.2, 0) is 0 Å². The van der Waals surface area contributed by atoms with Crippen molar-refractivity contribution in [3.63, 3.8) is 0 Å². The highest BCUT2D eigenvalue weighted by atomic mass is 16.3. The predicted molar refractivity (Wildman–Crippen MR) is 35.5 cm³/mol.